The fraction of sp³-hybridized carbons (Fsp3) is 0.400. The SMILES string of the molecule is Br[C@@H]1CCc2ccccc2[C@H]1Br. The minimum absolute atomic E-state index is 0.488. The minimum atomic E-state index is 0.488. The van der Waals surface area contributed by atoms with Gasteiger partial charge in [-0.15, -0.1) is 0 Å². The third kappa shape index (κ3) is 1.47. The zero-order chi connectivity index (χ0) is 8.55. The van der Waals surface area contributed by atoms with Gasteiger partial charge in [0.1, 0.15) is 0 Å². The van der Waals surface area contributed by atoms with E-state index in [0.29, 0.717) is 9.65 Å². The molecule has 0 aliphatic heterocycles. The maximum atomic E-state index is 3.71. The Balaban J connectivity index is 2.42. The van der Waals surface area contributed by atoms with Crippen molar-refractivity contribution in [2.24, 2.45) is 0 Å². The summed E-state index contributed by atoms with van der Waals surface area (Å²) < 4.78 is 0. The van der Waals surface area contributed by atoms with Crippen LogP contribution in [0.4, 0.5) is 0 Å². The van der Waals surface area contributed by atoms with Gasteiger partial charge in [-0.25, -0.2) is 0 Å². The molecule has 0 nitrogen and oxygen atoms in total. The summed E-state index contributed by atoms with van der Waals surface area (Å²) in [5.74, 6) is 0. The first-order valence-electron chi connectivity index (χ1n) is 4.15. The van der Waals surface area contributed by atoms with Crippen LogP contribution in [0.25, 0.3) is 0 Å². The zero-order valence-corrected chi connectivity index (χ0v) is 9.81. The van der Waals surface area contributed by atoms with Gasteiger partial charge in [0.2, 0.25) is 0 Å². The van der Waals surface area contributed by atoms with Crippen molar-refractivity contribution < 1.29 is 0 Å². The summed E-state index contributed by atoms with van der Waals surface area (Å²) in [6.07, 6.45) is 2.43. The highest BCUT2D eigenvalue weighted by molar-refractivity contribution is 9.12. The summed E-state index contributed by atoms with van der Waals surface area (Å²) in [5.41, 5.74) is 2.95. The van der Waals surface area contributed by atoms with Gasteiger partial charge in [0.05, 0.1) is 4.83 Å². The van der Waals surface area contributed by atoms with Crippen molar-refractivity contribution >= 4 is 31.9 Å². The third-order valence-electron chi connectivity index (χ3n) is 2.36. The average Bonchev–Trinajstić information content (AvgIpc) is 2.12. The number of benzene rings is 1. The van der Waals surface area contributed by atoms with Gasteiger partial charge >= 0.3 is 0 Å². The van der Waals surface area contributed by atoms with E-state index < -0.39 is 0 Å². The number of halogens is 2. The molecule has 2 heteroatoms. The molecular formula is C10H10Br2. The molecule has 2 atom stereocenters. The van der Waals surface area contributed by atoms with Crippen LogP contribution in [-0.2, 0) is 6.42 Å². The maximum Gasteiger partial charge on any atom is 0.0523 e. The van der Waals surface area contributed by atoms with E-state index in [0.717, 1.165) is 0 Å². The molecule has 1 aromatic rings. The van der Waals surface area contributed by atoms with Crippen molar-refractivity contribution in [2.75, 3.05) is 0 Å². The Bertz CT molecular complexity index is 283. The van der Waals surface area contributed by atoms with Gasteiger partial charge in [-0.2, -0.15) is 0 Å². The quantitative estimate of drug-likeness (QED) is 0.637. The van der Waals surface area contributed by atoms with E-state index in [1.807, 2.05) is 0 Å². The van der Waals surface area contributed by atoms with E-state index >= 15 is 0 Å². The van der Waals surface area contributed by atoms with Gasteiger partial charge in [0, 0.05) is 4.83 Å². The standard InChI is InChI=1S/C10H10Br2/c11-9-6-5-7-3-1-2-4-8(7)10(9)12/h1-4,9-10H,5-6H2/t9-,10-/m1/s1. The molecule has 1 aromatic carbocycles. The Morgan fingerprint density at radius 2 is 1.92 bits per heavy atom. The first-order valence-corrected chi connectivity index (χ1v) is 5.98. The van der Waals surface area contributed by atoms with Crippen LogP contribution >= 0.6 is 31.9 Å². The van der Waals surface area contributed by atoms with E-state index in [4.69, 9.17) is 0 Å². The fourth-order valence-electron chi connectivity index (χ4n) is 1.67. The largest absolute Gasteiger partial charge is 0.0875 e. The van der Waals surface area contributed by atoms with Crippen molar-refractivity contribution in [1.29, 1.82) is 0 Å². The molecular weight excluding hydrogens is 280 g/mol. The monoisotopic (exact) mass is 288 g/mol. The molecule has 0 aromatic heterocycles. The van der Waals surface area contributed by atoms with Crippen molar-refractivity contribution in [3.63, 3.8) is 0 Å². The Morgan fingerprint density at radius 3 is 2.75 bits per heavy atom. The Morgan fingerprint density at radius 1 is 1.17 bits per heavy atom. The van der Waals surface area contributed by atoms with Gasteiger partial charge in [-0.05, 0) is 24.0 Å². The fourth-order valence-corrected chi connectivity index (χ4v) is 2.89. The molecule has 1 aliphatic rings. The molecule has 0 radical (unpaired) electrons. The highest BCUT2D eigenvalue weighted by Crippen LogP contribution is 2.39. The zero-order valence-electron chi connectivity index (χ0n) is 6.63. The van der Waals surface area contributed by atoms with Gasteiger partial charge in [-0.3, -0.25) is 0 Å². The average molecular weight is 290 g/mol. The molecule has 0 saturated carbocycles. The Hall–Kier alpha value is 0.180. The molecule has 0 amide bonds. The summed E-state index contributed by atoms with van der Waals surface area (Å²) >= 11 is 7.38. The molecule has 0 saturated heterocycles. The van der Waals surface area contributed by atoms with Crippen LogP contribution in [-0.4, -0.2) is 4.83 Å². The molecule has 0 spiro atoms. The van der Waals surface area contributed by atoms with Crippen LogP contribution in [0.5, 0.6) is 0 Å². The van der Waals surface area contributed by atoms with E-state index in [-0.39, 0.29) is 0 Å². The van der Waals surface area contributed by atoms with E-state index in [2.05, 4.69) is 56.1 Å². The number of fused-ring (bicyclic) bond motifs is 1. The lowest BCUT2D eigenvalue weighted by molar-refractivity contribution is 0.707. The number of rotatable bonds is 0. The summed E-state index contributed by atoms with van der Waals surface area (Å²) in [4.78, 5) is 1.08. The first-order chi connectivity index (χ1) is 5.79. The summed E-state index contributed by atoms with van der Waals surface area (Å²) in [6.45, 7) is 0. The second kappa shape index (κ2) is 3.51. The lowest BCUT2D eigenvalue weighted by Crippen LogP contribution is -2.15. The molecule has 0 unspecified atom stereocenters. The van der Waals surface area contributed by atoms with Crippen LogP contribution in [0.3, 0.4) is 0 Å². The Kier molecular flexibility index (Phi) is 2.56. The molecule has 0 N–H and O–H groups in total. The second-order valence-electron chi connectivity index (χ2n) is 3.16. The first kappa shape index (κ1) is 8.76. The van der Waals surface area contributed by atoms with Gasteiger partial charge in [-0.1, -0.05) is 56.1 Å². The lowest BCUT2D eigenvalue weighted by Gasteiger charge is -2.25. The van der Waals surface area contributed by atoms with Gasteiger partial charge in [0.25, 0.3) is 0 Å². The third-order valence-corrected chi connectivity index (χ3v) is 5.19. The van der Waals surface area contributed by atoms with Gasteiger partial charge < -0.3 is 0 Å². The van der Waals surface area contributed by atoms with Crippen molar-refractivity contribution in [3.05, 3.63) is 35.4 Å². The molecule has 1 aliphatic carbocycles. The van der Waals surface area contributed by atoms with Crippen LogP contribution < -0.4 is 0 Å². The number of hydrogen-bond acceptors (Lipinski definition) is 0. The van der Waals surface area contributed by atoms with Gasteiger partial charge in [0.15, 0.2) is 0 Å². The summed E-state index contributed by atoms with van der Waals surface area (Å²) in [5, 5.41) is 0. The second-order valence-corrected chi connectivity index (χ2v) is 5.32. The molecule has 64 valence electrons. The highest BCUT2D eigenvalue weighted by atomic mass is 79.9. The normalized spacial score (nSPS) is 28.2. The van der Waals surface area contributed by atoms with E-state index in [9.17, 15) is 0 Å². The van der Waals surface area contributed by atoms with E-state index in [1.165, 1.54) is 24.0 Å². The lowest BCUT2D eigenvalue weighted by atomic mass is 9.92. The van der Waals surface area contributed by atoms with E-state index in [1.54, 1.807) is 0 Å². The summed E-state index contributed by atoms with van der Waals surface area (Å²) in [7, 11) is 0. The van der Waals surface area contributed by atoms with Crippen LogP contribution in [0.2, 0.25) is 0 Å². The maximum absolute atomic E-state index is 3.71. The van der Waals surface area contributed by atoms with Crippen molar-refractivity contribution in [2.45, 2.75) is 22.5 Å². The topological polar surface area (TPSA) is 0 Å². The molecule has 0 fully saturated rings. The van der Waals surface area contributed by atoms with Crippen molar-refractivity contribution in [3.8, 4) is 0 Å². The minimum Gasteiger partial charge on any atom is -0.0875 e. The number of alkyl halides is 2. The molecule has 0 heterocycles. The van der Waals surface area contributed by atoms with Crippen LogP contribution in [0.15, 0.2) is 24.3 Å². The van der Waals surface area contributed by atoms with Crippen LogP contribution in [0.1, 0.15) is 22.4 Å². The molecule has 2 rings (SSSR count). The predicted octanol–water partition coefficient (Wildman–Crippen LogP) is 3.83. The smallest absolute Gasteiger partial charge is 0.0523 e. The Labute approximate surface area is 89.6 Å². The predicted molar refractivity (Wildman–Crippen MR) is 59.1 cm³/mol. The highest BCUT2D eigenvalue weighted by Gasteiger charge is 2.24. The molecule has 12 heavy (non-hydrogen) atoms. The summed E-state index contributed by atoms with van der Waals surface area (Å²) in [6, 6.07) is 8.66. The number of aryl methyl sites for hydroxylation is 1. The van der Waals surface area contributed by atoms with Crippen molar-refractivity contribution in [1.82, 2.24) is 0 Å². The molecule has 0 bridgehead atoms. The van der Waals surface area contributed by atoms with Crippen LogP contribution in [0, 0.1) is 0 Å². The number of hydrogen-bond donors (Lipinski definition) is 0.